The third kappa shape index (κ3) is 3.98. The lowest BCUT2D eigenvalue weighted by atomic mass is 10.2. The van der Waals surface area contributed by atoms with E-state index < -0.39 is 10.8 Å². The lowest BCUT2D eigenvalue weighted by Crippen LogP contribution is -2.10. The van der Waals surface area contributed by atoms with Gasteiger partial charge in [0.1, 0.15) is 0 Å². The molecule has 19 heavy (non-hydrogen) atoms. The molecular weight excluding hydrogens is 436 g/mol. The first-order valence-electron chi connectivity index (χ1n) is 5.09. The van der Waals surface area contributed by atoms with Crippen LogP contribution in [-0.4, -0.2) is 15.7 Å². The van der Waals surface area contributed by atoms with Gasteiger partial charge in [-0.05, 0) is 62.2 Å². The van der Waals surface area contributed by atoms with Gasteiger partial charge >= 0.3 is 0 Å². The maximum Gasteiger partial charge on any atom is 0.177 e. The van der Waals surface area contributed by atoms with Crippen molar-refractivity contribution in [1.82, 2.24) is 0 Å². The molecule has 1 unspecified atom stereocenters. The van der Waals surface area contributed by atoms with Crippen LogP contribution in [0.25, 0.3) is 0 Å². The van der Waals surface area contributed by atoms with Gasteiger partial charge in [-0.15, -0.1) is 11.3 Å². The van der Waals surface area contributed by atoms with Crippen molar-refractivity contribution in [3.63, 3.8) is 0 Å². The zero-order chi connectivity index (χ0) is 14.0. The smallest absolute Gasteiger partial charge is 0.177 e. The summed E-state index contributed by atoms with van der Waals surface area (Å²) in [5, 5.41) is 0.580. The van der Waals surface area contributed by atoms with Crippen molar-refractivity contribution in [3.8, 4) is 0 Å². The van der Waals surface area contributed by atoms with Crippen LogP contribution in [0.1, 0.15) is 10.4 Å². The summed E-state index contributed by atoms with van der Waals surface area (Å²) in [6.45, 7) is 0. The molecule has 100 valence electrons. The van der Waals surface area contributed by atoms with Crippen LogP contribution in [0.4, 0.5) is 0 Å². The minimum atomic E-state index is -1.36. The molecule has 0 aliphatic rings. The molecule has 0 amide bonds. The van der Waals surface area contributed by atoms with E-state index in [2.05, 4.69) is 31.9 Å². The Labute approximate surface area is 138 Å². The lowest BCUT2D eigenvalue weighted by Gasteiger charge is -2.01. The van der Waals surface area contributed by atoms with E-state index in [-0.39, 0.29) is 11.5 Å². The fraction of sp³-hybridized carbons (Fsp3) is 0.0833. The zero-order valence-electron chi connectivity index (χ0n) is 9.36. The molecule has 1 heterocycles. The molecular formula is C12H7Br2ClO2S2. The summed E-state index contributed by atoms with van der Waals surface area (Å²) in [6.07, 6.45) is 0. The summed E-state index contributed by atoms with van der Waals surface area (Å²) in [7, 11) is -1.36. The van der Waals surface area contributed by atoms with Gasteiger partial charge in [-0.25, -0.2) is 0 Å². The van der Waals surface area contributed by atoms with E-state index in [9.17, 15) is 9.00 Å². The van der Waals surface area contributed by atoms with Crippen LogP contribution in [0, 0.1) is 0 Å². The summed E-state index contributed by atoms with van der Waals surface area (Å²) in [4.78, 5) is 12.7. The summed E-state index contributed by atoms with van der Waals surface area (Å²) in [6, 6.07) is 8.40. The molecule has 0 saturated carbocycles. The van der Waals surface area contributed by atoms with Crippen LogP contribution in [0.15, 0.2) is 42.8 Å². The summed E-state index contributed by atoms with van der Waals surface area (Å²) < 4.78 is 13.7. The van der Waals surface area contributed by atoms with Crippen molar-refractivity contribution in [2.24, 2.45) is 0 Å². The van der Waals surface area contributed by atoms with Crippen LogP contribution in [0.2, 0.25) is 5.02 Å². The largest absolute Gasteiger partial charge is 0.293 e. The molecule has 0 spiro atoms. The Hall–Kier alpha value is -0.0100. The number of hydrogen-bond acceptors (Lipinski definition) is 3. The van der Waals surface area contributed by atoms with E-state index in [1.165, 1.54) is 11.3 Å². The molecule has 0 bridgehead atoms. The van der Waals surface area contributed by atoms with Crippen molar-refractivity contribution in [2.75, 3.05) is 5.75 Å². The van der Waals surface area contributed by atoms with E-state index in [0.29, 0.717) is 15.5 Å². The quantitative estimate of drug-likeness (QED) is 0.630. The number of carbonyl (C=O) groups excluding carboxylic acids is 1. The molecule has 0 saturated heterocycles. The summed E-state index contributed by atoms with van der Waals surface area (Å²) in [5.41, 5.74) is 0.555. The van der Waals surface area contributed by atoms with Gasteiger partial charge in [0.05, 0.1) is 24.1 Å². The Kier molecular flexibility index (Phi) is 5.37. The molecule has 0 aliphatic heterocycles. The van der Waals surface area contributed by atoms with Crippen molar-refractivity contribution >= 4 is 71.4 Å². The Balaban J connectivity index is 2.13. The normalized spacial score (nSPS) is 12.4. The van der Waals surface area contributed by atoms with Crippen LogP contribution in [0.3, 0.4) is 0 Å². The molecule has 1 atom stereocenters. The van der Waals surface area contributed by atoms with Crippen LogP contribution < -0.4 is 0 Å². The Morgan fingerprint density at radius 1 is 1.26 bits per heavy atom. The predicted octanol–water partition coefficient (Wildman–Crippen LogP) is 4.92. The van der Waals surface area contributed by atoms with Gasteiger partial charge < -0.3 is 0 Å². The first kappa shape index (κ1) is 15.4. The second-order valence-electron chi connectivity index (χ2n) is 3.60. The number of Topliss-reactive ketones (excluding diaryl/α,β-unsaturated/α-hetero) is 1. The third-order valence-electron chi connectivity index (χ3n) is 2.30. The summed E-state index contributed by atoms with van der Waals surface area (Å²) >= 11 is 13.8. The minimum Gasteiger partial charge on any atom is -0.293 e. The predicted molar refractivity (Wildman–Crippen MR) is 86.8 cm³/mol. The van der Waals surface area contributed by atoms with E-state index >= 15 is 0 Å². The zero-order valence-corrected chi connectivity index (χ0v) is 14.9. The topological polar surface area (TPSA) is 34.1 Å². The molecule has 2 rings (SSSR count). The third-order valence-corrected chi connectivity index (χ3v) is 6.21. The molecule has 0 radical (unpaired) electrons. The highest BCUT2D eigenvalue weighted by atomic mass is 79.9. The fourth-order valence-corrected chi connectivity index (χ4v) is 5.38. The Morgan fingerprint density at radius 2 is 1.89 bits per heavy atom. The van der Waals surface area contributed by atoms with Crippen molar-refractivity contribution in [1.29, 1.82) is 0 Å². The van der Waals surface area contributed by atoms with E-state index in [0.717, 1.165) is 7.57 Å². The maximum absolute atomic E-state index is 12.1. The van der Waals surface area contributed by atoms with Gasteiger partial charge in [0, 0.05) is 15.5 Å². The average molecular weight is 443 g/mol. The SMILES string of the molecule is O=C(CS(=O)c1ccc(Cl)cc1)c1cc(Br)sc1Br. The van der Waals surface area contributed by atoms with E-state index in [1.54, 1.807) is 30.3 Å². The maximum atomic E-state index is 12.1. The lowest BCUT2D eigenvalue weighted by molar-refractivity contribution is 0.102. The molecule has 0 aliphatic carbocycles. The molecule has 0 N–H and O–H groups in total. The van der Waals surface area contributed by atoms with Crippen molar-refractivity contribution in [3.05, 3.63) is 48.5 Å². The molecule has 2 aromatic rings. The first-order chi connectivity index (χ1) is 8.97. The van der Waals surface area contributed by atoms with Gasteiger partial charge in [0.2, 0.25) is 0 Å². The highest BCUT2D eigenvalue weighted by Crippen LogP contribution is 2.32. The monoisotopic (exact) mass is 440 g/mol. The number of carbonyl (C=O) groups is 1. The number of thiophene rings is 1. The molecule has 7 heteroatoms. The number of ketones is 1. The molecule has 2 nitrogen and oxygen atoms in total. The fourth-order valence-electron chi connectivity index (χ4n) is 1.40. The standard InChI is InChI=1S/C12H7Br2ClO2S2/c13-11-5-9(12(14)18-11)10(16)6-19(17)8-3-1-7(15)2-4-8/h1-5H,6H2. The number of halogens is 3. The van der Waals surface area contributed by atoms with Gasteiger partial charge in [-0.1, -0.05) is 11.6 Å². The second kappa shape index (κ2) is 6.63. The van der Waals surface area contributed by atoms with Crippen molar-refractivity contribution < 1.29 is 9.00 Å². The van der Waals surface area contributed by atoms with E-state index in [4.69, 9.17) is 11.6 Å². The van der Waals surface area contributed by atoms with Gasteiger partial charge in [0.15, 0.2) is 5.78 Å². The van der Waals surface area contributed by atoms with E-state index in [1.807, 2.05) is 0 Å². The highest BCUT2D eigenvalue weighted by molar-refractivity contribution is 9.12. The molecule has 1 aromatic carbocycles. The van der Waals surface area contributed by atoms with Gasteiger partial charge in [-0.3, -0.25) is 9.00 Å². The van der Waals surface area contributed by atoms with Crippen LogP contribution in [-0.2, 0) is 10.8 Å². The minimum absolute atomic E-state index is 0.0383. The number of hydrogen-bond donors (Lipinski definition) is 0. The first-order valence-corrected chi connectivity index (χ1v) is 9.19. The van der Waals surface area contributed by atoms with Crippen LogP contribution >= 0.6 is 54.8 Å². The average Bonchev–Trinajstić information content (AvgIpc) is 2.69. The Bertz CT molecular complexity index is 638. The van der Waals surface area contributed by atoms with Crippen LogP contribution in [0.5, 0.6) is 0 Å². The Morgan fingerprint density at radius 3 is 2.42 bits per heavy atom. The highest BCUT2D eigenvalue weighted by Gasteiger charge is 2.17. The summed E-state index contributed by atoms with van der Waals surface area (Å²) in [5.74, 6) is -0.189. The number of benzene rings is 1. The van der Waals surface area contributed by atoms with Gasteiger partial charge in [0.25, 0.3) is 0 Å². The van der Waals surface area contributed by atoms with Crippen molar-refractivity contribution in [2.45, 2.75) is 4.90 Å². The second-order valence-corrected chi connectivity index (χ2v) is 9.24. The van der Waals surface area contributed by atoms with Gasteiger partial charge in [-0.2, -0.15) is 0 Å². The molecule has 0 fully saturated rings. The molecule has 1 aromatic heterocycles. The number of rotatable bonds is 4.